The third kappa shape index (κ3) is 4.30. The van der Waals surface area contributed by atoms with Gasteiger partial charge in [-0.15, -0.1) is 0 Å². The molecule has 0 aliphatic rings. The highest BCUT2D eigenvalue weighted by Crippen LogP contribution is 2.20. The van der Waals surface area contributed by atoms with Gasteiger partial charge >= 0.3 is 0 Å². The van der Waals surface area contributed by atoms with E-state index in [0.717, 1.165) is 11.1 Å². The number of rotatable bonds is 6. The standard InChI is InChI=1S/C21H19N3O3/c1-27-17-11-9-16(10-12-17)19-14-18(20(22)25)21(26)24(23-19)13-5-8-15-6-3-2-4-7-15/h2-12,14H,13H2,1H3,(H2,22,25)/b8-5+. The fourth-order valence-electron chi connectivity index (χ4n) is 2.60. The summed E-state index contributed by atoms with van der Waals surface area (Å²) in [5, 5.41) is 4.38. The molecule has 6 nitrogen and oxygen atoms in total. The maximum Gasteiger partial charge on any atom is 0.279 e. The highest BCUT2D eigenvalue weighted by Gasteiger charge is 2.13. The zero-order valence-corrected chi connectivity index (χ0v) is 14.8. The van der Waals surface area contributed by atoms with Crippen LogP contribution < -0.4 is 16.0 Å². The molecule has 1 aromatic heterocycles. The summed E-state index contributed by atoms with van der Waals surface area (Å²) in [6.07, 6.45) is 3.70. The van der Waals surface area contributed by atoms with Crippen LogP contribution in [-0.4, -0.2) is 22.8 Å². The van der Waals surface area contributed by atoms with Crippen molar-refractivity contribution in [1.82, 2.24) is 9.78 Å². The molecule has 3 aromatic rings. The van der Waals surface area contributed by atoms with Crippen LogP contribution in [-0.2, 0) is 6.54 Å². The van der Waals surface area contributed by atoms with Crippen molar-refractivity contribution in [2.24, 2.45) is 5.73 Å². The molecule has 0 bridgehead atoms. The first-order chi connectivity index (χ1) is 13.1. The quantitative estimate of drug-likeness (QED) is 0.731. The van der Waals surface area contributed by atoms with Crippen molar-refractivity contribution < 1.29 is 9.53 Å². The lowest BCUT2D eigenvalue weighted by molar-refractivity contribution is 0.0998. The second kappa shape index (κ2) is 8.14. The minimum atomic E-state index is -0.780. The summed E-state index contributed by atoms with van der Waals surface area (Å²) in [5.74, 6) is -0.0778. The van der Waals surface area contributed by atoms with E-state index in [9.17, 15) is 9.59 Å². The number of nitrogens with zero attached hydrogens (tertiary/aromatic N) is 2. The Hall–Kier alpha value is -3.67. The van der Waals surface area contributed by atoms with Crippen LogP contribution in [0.2, 0.25) is 0 Å². The van der Waals surface area contributed by atoms with Crippen LogP contribution in [0.15, 0.2) is 71.5 Å². The van der Waals surface area contributed by atoms with Gasteiger partial charge in [-0.1, -0.05) is 42.5 Å². The SMILES string of the molecule is COc1ccc(-c2cc(C(N)=O)c(=O)n(C/C=C/c3ccccc3)n2)cc1. The highest BCUT2D eigenvalue weighted by atomic mass is 16.5. The Labute approximate surface area is 156 Å². The number of carbonyl (C=O) groups excluding carboxylic acids is 1. The third-order valence-electron chi connectivity index (χ3n) is 4.01. The minimum absolute atomic E-state index is 0.0936. The molecule has 1 amide bonds. The Morgan fingerprint density at radius 3 is 2.48 bits per heavy atom. The molecule has 0 saturated heterocycles. The molecule has 1 heterocycles. The minimum Gasteiger partial charge on any atom is -0.497 e. The van der Waals surface area contributed by atoms with Gasteiger partial charge in [0.2, 0.25) is 0 Å². The first kappa shape index (κ1) is 18.1. The maximum absolute atomic E-state index is 12.5. The average Bonchev–Trinajstić information content (AvgIpc) is 2.70. The number of carbonyl (C=O) groups is 1. The fraction of sp³-hybridized carbons (Fsp3) is 0.0952. The zero-order valence-electron chi connectivity index (χ0n) is 14.8. The Balaban J connectivity index is 1.97. The van der Waals surface area contributed by atoms with E-state index in [1.54, 1.807) is 31.4 Å². The molecular formula is C21H19N3O3. The van der Waals surface area contributed by atoms with E-state index < -0.39 is 11.5 Å². The second-order valence-corrected chi connectivity index (χ2v) is 5.84. The van der Waals surface area contributed by atoms with Crippen molar-refractivity contribution in [1.29, 1.82) is 0 Å². The van der Waals surface area contributed by atoms with E-state index in [2.05, 4.69) is 5.10 Å². The topological polar surface area (TPSA) is 87.2 Å². The summed E-state index contributed by atoms with van der Waals surface area (Å²) in [7, 11) is 1.58. The summed E-state index contributed by atoms with van der Waals surface area (Å²) in [4.78, 5) is 24.2. The summed E-state index contributed by atoms with van der Waals surface area (Å²) in [5.41, 5.74) is 7.01. The van der Waals surface area contributed by atoms with Crippen LogP contribution in [0, 0.1) is 0 Å². The molecule has 0 saturated carbocycles. The molecule has 0 spiro atoms. The van der Waals surface area contributed by atoms with Crippen molar-refractivity contribution in [3.8, 4) is 17.0 Å². The highest BCUT2D eigenvalue weighted by molar-refractivity contribution is 5.93. The Kier molecular flexibility index (Phi) is 5.47. The predicted molar refractivity (Wildman–Crippen MR) is 104 cm³/mol. The van der Waals surface area contributed by atoms with E-state index in [-0.39, 0.29) is 12.1 Å². The van der Waals surface area contributed by atoms with E-state index in [4.69, 9.17) is 10.5 Å². The van der Waals surface area contributed by atoms with Gasteiger partial charge in [0.1, 0.15) is 11.3 Å². The van der Waals surface area contributed by atoms with Gasteiger partial charge in [-0.2, -0.15) is 5.10 Å². The molecule has 3 rings (SSSR count). The molecule has 27 heavy (non-hydrogen) atoms. The van der Waals surface area contributed by atoms with Crippen molar-refractivity contribution in [3.63, 3.8) is 0 Å². The van der Waals surface area contributed by atoms with Gasteiger partial charge in [0, 0.05) is 5.56 Å². The van der Waals surface area contributed by atoms with Crippen LogP contribution in [0.25, 0.3) is 17.3 Å². The van der Waals surface area contributed by atoms with E-state index in [0.29, 0.717) is 11.4 Å². The third-order valence-corrected chi connectivity index (χ3v) is 4.01. The van der Waals surface area contributed by atoms with Crippen molar-refractivity contribution in [2.75, 3.05) is 7.11 Å². The van der Waals surface area contributed by atoms with Gasteiger partial charge in [-0.25, -0.2) is 4.68 Å². The number of aromatic nitrogens is 2. The Bertz CT molecular complexity index is 1020. The predicted octanol–water partition coefficient (Wildman–Crippen LogP) is 2.73. The first-order valence-electron chi connectivity index (χ1n) is 8.36. The monoisotopic (exact) mass is 361 g/mol. The van der Waals surface area contributed by atoms with Gasteiger partial charge in [0.25, 0.3) is 11.5 Å². The molecule has 0 aliphatic carbocycles. The zero-order chi connectivity index (χ0) is 19.2. The van der Waals surface area contributed by atoms with Gasteiger partial charge in [0.05, 0.1) is 19.3 Å². The van der Waals surface area contributed by atoms with Gasteiger partial charge < -0.3 is 10.5 Å². The lowest BCUT2D eigenvalue weighted by Crippen LogP contribution is -2.31. The largest absolute Gasteiger partial charge is 0.497 e. The number of primary amides is 1. The summed E-state index contributed by atoms with van der Waals surface area (Å²) >= 11 is 0. The van der Waals surface area contributed by atoms with Crippen LogP contribution >= 0.6 is 0 Å². The first-order valence-corrected chi connectivity index (χ1v) is 8.36. The number of ether oxygens (including phenoxy) is 1. The summed E-state index contributed by atoms with van der Waals surface area (Å²) in [6.45, 7) is 0.220. The van der Waals surface area contributed by atoms with Crippen LogP contribution in [0.3, 0.4) is 0 Å². The lowest BCUT2D eigenvalue weighted by atomic mass is 10.1. The van der Waals surface area contributed by atoms with E-state index in [1.807, 2.05) is 42.5 Å². The molecule has 6 heteroatoms. The van der Waals surface area contributed by atoms with Crippen LogP contribution in [0.5, 0.6) is 5.75 Å². The van der Waals surface area contributed by atoms with E-state index in [1.165, 1.54) is 10.7 Å². The molecular weight excluding hydrogens is 342 g/mol. The van der Waals surface area contributed by atoms with Crippen molar-refractivity contribution in [3.05, 3.63) is 88.2 Å². The maximum atomic E-state index is 12.5. The van der Waals surface area contributed by atoms with E-state index >= 15 is 0 Å². The number of hydrogen-bond donors (Lipinski definition) is 1. The second-order valence-electron chi connectivity index (χ2n) is 5.84. The van der Waals surface area contributed by atoms with Gasteiger partial charge in [-0.05, 0) is 35.9 Å². The lowest BCUT2D eigenvalue weighted by Gasteiger charge is -2.08. The smallest absolute Gasteiger partial charge is 0.279 e. The molecule has 0 radical (unpaired) electrons. The van der Waals surface area contributed by atoms with Crippen LogP contribution in [0.1, 0.15) is 15.9 Å². The molecule has 0 unspecified atom stereocenters. The Morgan fingerprint density at radius 2 is 1.85 bits per heavy atom. The number of hydrogen-bond acceptors (Lipinski definition) is 4. The summed E-state index contributed by atoms with van der Waals surface area (Å²) in [6, 6.07) is 18.3. The van der Waals surface area contributed by atoms with Gasteiger partial charge in [0.15, 0.2) is 0 Å². The van der Waals surface area contributed by atoms with Crippen LogP contribution in [0.4, 0.5) is 0 Å². The molecule has 136 valence electrons. The van der Waals surface area contributed by atoms with Gasteiger partial charge in [-0.3, -0.25) is 9.59 Å². The molecule has 0 atom stereocenters. The number of methoxy groups -OCH3 is 1. The number of amides is 1. The number of nitrogens with two attached hydrogens (primary N) is 1. The fourth-order valence-corrected chi connectivity index (χ4v) is 2.60. The van der Waals surface area contributed by atoms with Crippen molar-refractivity contribution >= 4 is 12.0 Å². The summed E-state index contributed by atoms with van der Waals surface area (Å²) < 4.78 is 6.38. The number of allylic oxidation sites excluding steroid dienone is 1. The number of benzene rings is 2. The molecule has 0 aliphatic heterocycles. The van der Waals surface area contributed by atoms with Crippen molar-refractivity contribution in [2.45, 2.75) is 6.54 Å². The average molecular weight is 361 g/mol. The molecule has 2 N–H and O–H groups in total. The molecule has 0 fully saturated rings. The Morgan fingerprint density at radius 1 is 1.15 bits per heavy atom. The molecule has 2 aromatic carbocycles. The normalized spacial score (nSPS) is 10.9.